The van der Waals surface area contributed by atoms with Crippen LogP contribution in [0.4, 0.5) is 0 Å². The van der Waals surface area contributed by atoms with E-state index in [0.29, 0.717) is 0 Å². The lowest BCUT2D eigenvalue weighted by Crippen LogP contribution is -3.00. The summed E-state index contributed by atoms with van der Waals surface area (Å²) in [4.78, 5) is 0. The van der Waals surface area contributed by atoms with E-state index in [-0.39, 0.29) is 12.4 Å². The molecule has 0 unspecified atom stereocenters. The molecule has 0 spiro atoms. The van der Waals surface area contributed by atoms with Crippen LogP contribution in [0.1, 0.15) is 82.3 Å². The standard InChI is InChI=1S/C19H33N.ClH/c1-2-3-4-5-6-7-8-9-10-11-12-18-13-15-19(17-20)16-14-18;/h13-16H,2-12,17,20H2,1H3;1H. The molecular weight excluding hydrogens is 278 g/mol. The average Bonchev–Trinajstić information content (AvgIpc) is 2.50. The van der Waals surface area contributed by atoms with Gasteiger partial charge in [0, 0.05) is 5.56 Å². The number of unbranched alkanes of at least 4 members (excludes halogenated alkanes) is 9. The molecule has 21 heavy (non-hydrogen) atoms. The number of aryl methyl sites for hydroxylation is 1. The Bertz CT molecular complexity index is 321. The highest BCUT2D eigenvalue weighted by molar-refractivity contribution is 5.21. The fourth-order valence-electron chi connectivity index (χ4n) is 2.69. The van der Waals surface area contributed by atoms with Gasteiger partial charge in [-0.3, -0.25) is 0 Å². The number of quaternary nitrogens is 1. The quantitative estimate of drug-likeness (QED) is 0.571. The Kier molecular flexibility index (Phi) is 14.0. The van der Waals surface area contributed by atoms with Crippen molar-refractivity contribution in [2.24, 2.45) is 0 Å². The Morgan fingerprint density at radius 2 is 1.10 bits per heavy atom. The zero-order valence-electron chi connectivity index (χ0n) is 13.9. The van der Waals surface area contributed by atoms with Crippen LogP contribution in [-0.2, 0) is 13.0 Å². The van der Waals surface area contributed by atoms with Gasteiger partial charge in [0.25, 0.3) is 0 Å². The predicted octanol–water partition coefficient (Wildman–Crippen LogP) is 1.90. The summed E-state index contributed by atoms with van der Waals surface area (Å²) in [7, 11) is 0. The molecule has 3 N–H and O–H groups in total. The molecule has 0 amide bonds. The second-order valence-electron chi connectivity index (χ2n) is 6.00. The number of hydrogen-bond acceptors (Lipinski definition) is 0. The van der Waals surface area contributed by atoms with Crippen molar-refractivity contribution < 1.29 is 18.1 Å². The topological polar surface area (TPSA) is 27.6 Å². The number of halogens is 1. The minimum absolute atomic E-state index is 0. The Hall–Kier alpha value is -0.530. The Labute approximate surface area is 138 Å². The summed E-state index contributed by atoms with van der Waals surface area (Å²) in [5.74, 6) is 0. The van der Waals surface area contributed by atoms with Crippen LogP contribution in [0.2, 0.25) is 0 Å². The summed E-state index contributed by atoms with van der Waals surface area (Å²) in [5.41, 5.74) is 6.74. The second-order valence-corrected chi connectivity index (χ2v) is 6.00. The Morgan fingerprint density at radius 3 is 1.57 bits per heavy atom. The third kappa shape index (κ3) is 10.8. The van der Waals surface area contributed by atoms with E-state index in [1.165, 1.54) is 81.8 Å². The number of hydrogen-bond donors (Lipinski definition) is 1. The molecule has 0 aliphatic rings. The van der Waals surface area contributed by atoms with Gasteiger partial charge in [-0.05, 0) is 18.4 Å². The van der Waals surface area contributed by atoms with Crippen molar-refractivity contribution in [3.8, 4) is 0 Å². The molecule has 0 saturated heterocycles. The van der Waals surface area contributed by atoms with E-state index in [4.69, 9.17) is 0 Å². The zero-order valence-corrected chi connectivity index (χ0v) is 14.6. The highest BCUT2D eigenvalue weighted by Crippen LogP contribution is 2.12. The van der Waals surface area contributed by atoms with E-state index in [2.05, 4.69) is 36.9 Å². The lowest BCUT2D eigenvalue weighted by Gasteiger charge is -2.03. The van der Waals surface area contributed by atoms with Gasteiger partial charge in [-0.25, -0.2) is 0 Å². The second kappa shape index (κ2) is 14.4. The molecule has 0 radical (unpaired) electrons. The molecule has 0 aliphatic carbocycles. The van der Waals surface area contributed by atoms with Crippen molar-refractivity contribution in [2.75, 3.05) is 0 Å². The van der Waals surface area contributed by atoms with Gasteiger partial charge >= 0.3 is 0 Å². The van der Waals surface area contributed by atoms with Crippen LogP contribution in [0.3, 0.4) is 0 Å². The van der Waals surface area contributed by atoms with Crippen LogP contribution in [0.5, 0.6) is 0 Å². The zero-order chi connectivity index (χ0) is 14.5. The van der Waals surface area contributed by atoms with Crippen LogP contribution >= 0.6 is 0 Å². The van der Waals surface area contributed by atoms with Gasteiger partial charge < -0.3 is 18.1 Å². The van der Waals surface area contributed by atoms with Crippen molar-refractivity contribution in [1.82, 2.24) is 0 Å². The normalized spacial score (nSPS) is 10.4. The first kappa shape index (κ1) is 20.5. The van der Waals surface area contributed by atoms with Gasteiger partial charge in [0.15, 0.2) is 0 Å². The number of rotatable bonds is 12. The van der Waals surface area contributed by atoms with Crippen molar-refractivity contribution in [1.29, 1.82) is 0 Å². The smallest absolute Gasteiger partial charge is 0.0997 e. The molecular formula is C19H34ClN. The third-order valence-corrected chi connectivity index (χ3v) is 4.13. The molecule has 0 bridgehead atoms. The minimum atomic E-state index is 0. The SMILES string of the molecule is CCCCCCCCCCCCc1ccc(C[NH3+])cc1.[Cl-]. The maximum Gasteiger partial charge on any atom is 0.0997 e. The summed E-state index contributed by atoms with van der Waals surface area (Å²) in [6, 6.07) is 8.99. The monoisotopic (exact) mass is 311 g/mol. The molecule has 0 saturated carbocycles. The van der Waals surface area contributed by atoms with Gasteiger partial charge in [0.2, 0.25) is 0 Å². The van der Waals surface area contributed by atoms with Crippen LogP contribution in [0.15, 0.2) is 24.3 Å². The van der Waals surface area contributed by atoms with Gasteiger partial charge in [-0.15, -0.1) is 0 Å². The molecule has 0 aliphatic heterocycles. The van der Waals surface area contributed by atoms with Crippen molar-refractivity contribution in [3.63, 3.8) is 0 Å². The van der Waals surface area contributed by atoms with Gasteiger partial charge in [0.1, 0.15) is 0 Å². The molecule has 0 atom stereocenters. The van der Waals surface area contributed by atoms with Crippen LogP contribution < -0.4 is 18.1 Å². The first-order valence-electron chi connectivity index (χ1n) is 8.74. The fraction of sp³-hybridized carbons (Fsp3) is 0.684. The molecule has 2 heteroatoms. The molecule has 1 aromatic rings. The summed E-state index contributed by atoms with van der Waals surface area (Å²) in [5, 5.41) is 0. The minimum Gasteiger partial charge on any atom is -1.00 e. The van der Waals surface area contributed by atoms with Crippen LogP contribution in [-0.4, -0.2) is 0 Å². The predicted molar refractivity (Wildman–Crippen MR) is 88.6 cm³/mol. The Balaban J connectivity index is 0.00000400. The van der Waals surface area contributed by atoms with Crippen LogP contribution in [0, 0.1) is 0 Å². The highest BCUT2D eigenvalue weighted by Gasteiger charge is 1.96. The van der Waals surface area contributed by atoms with Crippen molar-refractivity contribution >= 4 is 0 Å². The third-order valence-electron chi connectivity index (χ3n) is 4.13. The highest BCUT2D eigenvalue weighted by atomic mass is 35.5. The first-order valence-corrected chi connectivity index (χ1v) is 8.74. The first-order chi connectivity index (χ1) is 9.86. The molecule has 1 aromatic carbocycles. The van der Waals surface area contributed by atoms with Gasteiger partial charge in [-0.2, -0.15) is 0 Å². The lowest BCUT2D eigenvalue weighted by atomic mass is 10.0. The largest absolute Gasteiger partial charge is 1.00 e. The van der Waals surface area contributed by atoms with Gasteiger partial charge in [0.05, 0.1) is 6.54 Å². The van der Waals surface area contributed by atoms with E-state index in [9.17, 15) is 0 Å². The van der Waals surface area contributed by atoms with Crippen molar-refractivity contribution in [2.45, 2.75) is 84.1 Å². The van der Waals surface area contributed by atoms with E-state index in [0.717, 1.165) is 6.54 Å². The average molecular weight is 312 g/mol. The summed E-state index contributed by atoms with van der Waals surface area (Å²) in [6.45, 7) is 3.19. The molecule has 0 fully saturated rings. The summed E-state index contributed by atoms with van der Waals surface area (Å²) >= 11 is 0. The lowest BCUT2D eigenvalue weighted by molar-refractivity contribution is -0.386. The van der Waals surface area contributed by atoms with Crippen LogP contribution in [0.25, 0.3) is 0 Å². The molecule has 1 nitrogen and oxygen atoms in total. The van der Waals surface area contributed by atoms with E-state index in [1.807, 2.05) is 0 Å². The molecule has 1 rings (SSSR count). The molecule has 122 valence electrons. The van der Waals surface area contributed by atoms with E-state index in [1.54, 1.807) is 0 Å². The molecule has 0 heterocycles. The van der Waals surface area contributed by atoms with E-state index < -0.39 is 0 Å². The summed E-state index contributed by atoms with van der Waals surface area (Å²) < 4.78 is 0. The number of benzene rings is 1. The maximum atomic E-state index is 3.91. The fourth-order valence-corrected chi connectivity index (χ4v) is 2.69. The van der Waals surface area contributed by atoms with Crippen molar-refractivity contribution in [3.05, 3.63) is 35.4 Å². The summed E-state index contributed by atoms with van der Waals surface area (Å²) in [6.07, 6.45) is 15.4. The molecule has 0 aromatic heterocycles. The Morgan fingerprint density at radius 1 is 0.667 bits per heavy atom. The maximum absolute atomic E-state index is 3.91. The van der Waals surface area contributed by atoms with Gasteiger partial charge in [-0.1, -0.05) is 89.0 Å². The van der Waals surface area contributed by atoms with E-state index >= 15 is 0 Å².